The molecule has 2 aliphatic carbocycles. The zero-order chi connectivity index (χ0) is 66.0. The van der Waals surface area contributed by atoms with Crippen LogP contribution >= 0.6 is 0 Å². The molecule has 0 atom stereocenters. The molecule has 11 aromatic rings. The first kappa shape index (κ1) is 60.3. The van der Waals surface area contributed by atoms with Crippen LogP contribution in [0, 0.1) is 19.3 Å². The molecular formula is C84H59N3O8. The van der Waals surface area contributed by atoms with E-state index in [9.17, 15) is 38.4 Å². The minimum absolute atomic E-state index is 0.0651. The summed E-state index contributed by atoms with van der Waals surface area (Å²) in [5, 5.41) is 0. The lowest BCUT2D eigenvalue weighted by molar-refractivity contribution is -0.124. The molecule has 458 valence electrons. The van der Waals surface area contributed by atoms with Crippen molar-refractivity contribution in [2.45, 2.75) is 44.4 Å². The summed E-state index contributed by atoms with van der Waals surface area (Å²) in [7, 11) is 1.44. The molecule has 0 saturated heterocycles. The zero-order valence-electron chi connectivity index (χ0n) is 52.3. The van der Waals surface area contributed by atoms with Crippen LogP contribution in [0.2, 0.25) is 0 Å². The molecule has 4 aliphatic rings. The molecule has 0 spiro atoms. The van der Waals surface area contributed by atoms with E-state index in [4.69, 9.17) is 6.42 Å². The van der Waals surface area contributed by atoms with Gasteiger partial charge in [0.2, 0.25) is 11.8 Å². The lowest BCUT2D eigenvalue weighted by Gasteiger charge is -2.34. The molecule has 0 N–H and O–H groups in total. The summed E-state index contributed by atoms with van der Waals surface area (Å²) in [6.07, 6.45) is 5.40. The molecule has 0 bridgehead atoms. The molecule has 11 heteroatoms. The van der Waals surface area contributed by atoms with Crippen LogP contribution in [0.1, 0.15) is 143 Å². The second-order valence-corrected chi connectivity index (χ2v) is 24.4. The Bertz CT molecular complexity index is 5030. The number of carbonyl (C=O) groups is 8. The van der Waals surface area contributed by atoms with E-state index in [0.717, 1.165) is 71.0 Å². The van der Waals surface area contributed by atoms with E-state index in [2.05, 4.69) is 134 Å². The van der Waals surface area contributed by atoms with Gasteiger partial charge in [0.25, 0.3) is 23.6 Å². The standard InChI is InChI=1S/C72H48N2O6.C12H11NO2/c1-43-19-27-48(28-20-43)71(61-15-7-3-11-53(61)54-12-4-8-16-62(54)71)51-33-35-52(36-34-51)74-69(79)58-38-26-47(42-60(58)70(74)80)66(76)40-45-23-31-50(32-24-45)72(63-17-9-5-13-55(63)56-14-6-10-18-64(56)72)49-29-21-44(22-30-49)39-65(75)46-25-37-57-59(41-46)68(78)73(2)67(57)77;1-4-11-6-5-7-12(8-11)13(9(2)14)10(3)15/h3-38,41-42H,39-40H2,1-2H3;1,5-8H,2-3H3. The maximum Gasteiger partial charge on any atom is 0.266 e. The molecule has 0 radical (unpaired) electrons. The number of fused-ring (bicyclic) bond motifs is 8. The number of rotatable bonds is 12. The van der Waals surface area contributed by atoms with Gasteiger partial charge in [-0.05, 0) is 139 Å². The second-order valence-electron chi connectivity index (χ2n) is 24.4. The average molecular weight is 1240 g/mol. The summed E-state index contributed by atoms with van der Waals surface area (Å²) in [6, 6.07) is 82.7. The van der Waals surface area contributed by atoms with Crippen molar-refractivity contribution in [1.29, 1.82) is 0 Å². The average Bonchev–Trinajstić information content (AvgIpc) is 1.57. The highest BCUT2D eigenvalue weighted by atomic mass is 16.2. The molecule has 15 rings (SSSR count). The third-order valence-electron chi connectivity index (χ3n) is 19.0. The molecule has 95 heavy (non-hydrogen) atoms. The van der Waals surface area contributed by atoms with Gasteiger partial charge in [-0.3, -0.25) is 48.2 Å². The van der Waals surface area contributed by atoms with Crippen LogP contribution in [-0.2, 0) is 33.3 Å². The van der Waals surface area contributed by atoms with Gasteiger partial charge < -0.3 is 0 Å². The van der Waals surface area contributed by atoms with Crippen molar-refractivity contribution in [2.75, 3.05) is 16.8 Å². The predicted molar refractivity (Wildman–Crippen MR) is 367 cm³/mol. The molecule has 6 amide bonds. The van der Waals surface area contributed by atoms with E-state index < -0.39 is 28.6 Å². The first-order chi connectivity index (χ1) is 46.0. The van der Waals surface area contributed by atoms with Gasteiger partial charge in [0.15, 0.2) is 11.6 Å². The largest absolute Gasteiger partial charge is 0.294 e. The Labute approximate surface area is 549 Å². The summed E-state index contributed by atoms with van der Waals surface area (Å²) in [5.74, 6) is -0.263. The van der Waals surface area contributed by atoms with Crippen molar-refractivity contribution >= 4 is 58.4 Å². The highest BCUT2D eigenvalue weighted by molar-refractivity contribution is 6.35. The number of hydrogen-bond acceptors (Lipinski definition) is 8. The maximum absolute atomic E-state index is 14.4. The zero-order valence-corrected chi connectivity index (χ0v) is 52.3. The van der Waals surface area contributed by atoms with Crippen LogP contribution in [-0.4, -0.2) is 59.0 Å². The Morgan fingerprint density at radius 3 is 1.19 bits per heavy atom. The number of amides is 6. The minimum Gasteiger partial charge on any atom is -0.294 e. The van der Waals surface area contributed by atoms with Crippen LogP contribution in [0.15, 0.2) is 255 Å². The first-order valence-electron chi connectivity index (χ1n) is 31.2. The maximum atomic E-state index is 14.4. The molecule has 11 aromatic carbocycles. The van der Waals surface area contributed by atoms with Crippen molar-refractivity contribution in [3.63, 3.8) is 0 Å². The normalized spacial score (nSPS) is 13.9. The number of benzene rings is 11. The van der Waals surface area contributed by atoms with Gasteiger partial charge >= 0.3 is 0 Å². The Morgan fingerprint density at radius 2 is 0.768 bits per heavy atom. The third kappa shape index (κ3) is 9.85. The minimum atomic E-state index is -0.744. The summed E-state index contributed by atoms with van der Waals surface area (Å²) in [4.78, 5) is 107. The lowest BCUT2D eigenvalue weighted by atomic mass is 9.67. The van der Waals surface area contributed by atoms with Gasteiger partial charge in [-0.25, -0.2) is 4.90 Å². The van der Waals surface area contributed by atoms with Crippen LogP contribution in [0.4, 0.5) is 11.4 Å². The van der Waals surface area contributed by atoms with Crippen molar-refractivity contribution < 1.29 is 38.4 Å². The number of Topliss-reactive ketones (excluding diaryl/α,β-unsaturated/α-hetero) is 2. The number of aryl methyl sites for hydroxylation is 1. The van der Waals surface area contributed by atoms with Crippen LogP contribution in [0.3, 0.4) is 0 Å². The fraction of sp³-hybridized carbons (Fsp3) is 0.0952. The molecule has 0 saturated carbocycles. The summed E-state index contributed by atoms with van der Waals surface area (Å²) >= 11 is 0. The van der Waals surface area contributed by atoms with Crippen molar-refractivity contribution in [3.8, 4) is 34.6 Å². The van der Waals surface area contributed by atoms with E-state index in [1.807, 2.05) is 72.8 Å². The van der Waals surface area contributed by atoms with E-state index in [1.165, 1.54) is 54.1 Å². The Morgan fingerprint density at radius 1 is 0.400 bits per heavy atom. The molecule has 0 unspecified atom stereocenters. The van der Waals surface area contributed by atoms with Crippen LogP contribution in [0.5, 0.6) is 0 Å². The van der Waals surface area contributed by atoms with E-state index in [1.54, 1.807) is 54.6 Å². The topological polar surface area (TPSA) is 146 Å². The van der Waals surface area contributed by atoms with Crippen molar-refractivity contribution in [1.82, 2.24) is 4.90 Å². The number of terminal acetylenes is 1. The Hall–Kier alpha value is -12.3. The molecule has 2 aliphatic heterocycles. The third-order valence-corrected chi connectivity index (χ3v) is 19.0. The van der Waals surface area contributed by atoms with Crippen LogP contribution < -0.4 is 9.80 Å². The number of nitrogens with zero attached hydrogens (tertiary/aromatic N) is 3. The number of carbonyl (C=O) groups excluding carboxylic acids is 8. The van der Waals surface area contributed by atoms with Crippen molar-refractivity contribution in [3.05, 3.63) is 355 Å². The number of ketones is 2. The van der Waals surface area contributed by atoms with E-state index in [-0.39, 0.29) is 58.8 Å². The summed E-state index contributed by atoms with van der Waals surface area (Å²) < 4.78 is 0. The monoisotopic (exact) mass is 1240 g/mol. The predicted octanol–water partition coefficient (Wildman–Crippen LogP) is 15.2. The lowest BCUT2D eigenvalue weighted by Crippen LogP contribution is -2.33. The number of imide groups is 3. The smallest absolute Gasteiger partial charge is 0.266 e. The highest BCUT2D eigenvalue weighted by Crippen LogP contribution is 2.58. The van der Waals surface area contributed by atoms with Gasteiger partial charge in [-0.15, -0.1) is 6.42 Å². The SMILES string of the molecule is C#Cc1cccc(N(C(C)=O)C(C)=O)c1.Cc1ccc(C2(c3ccc(N4C(=O)c5ccc(C(=O)Cc6ccc(C7(c8ccc(CC(=O)c9ccc%10c(c9)C(=O)N(C)C%10=O)cc8)c8ccccc8-c8ccccc87)cc6)cc5C4=O)cc3)c3ccccc3-c3ccccc32)cc1. The van der Waals surface area contributed by atoms with Gasteiger partial charge in [-0.1, -0.05) is 212 Å². The Balaban J connectivity index is 0.000000460. The molecule has 2 heterocycles. The number of anilines is 2. The fourth-order valence-electron chi connectivity index (χ4n) is 14.5. The fourth-order valence-corrected chi connectivity index (χ4v) is 14.5. The molecule has 11 nitrogen and oxygen atoms in total. The Kier molecular flexibility index (Phi) is 15.1. The van der Waals surface area contributed by atoms with E-state index >= 15 is 0 Å². The molecular weight excluding hydrogens is 1180 g/mol. The summed E-state index contributed by atoms with van der Waals surface area (Å²) in [5.41, 5.74) is 17.9. The first-order valence-corrected chi connectivity index (χ1v) is 31.2. The van der Waals surface area contributed by atoms with Crippen molar-refractivity contribution in [2.24, 2.45) is 0 Å². The van der Waals surface area contributed by atoms with Crippen LogP contribution in [0.25, 0.3) is 22.3 Å². The summed E-state index contributed by atoms with van der Waals surface area (Å²) in [6.45, 7) is 4.76. The van der Waals surface area contributed by atoms with Gasteiger partial charge in [0.05, 0.1) is 44.5 Å². The van der Waals surface area contributed by atoms with Gasteiger partial charge in [-0.2, -0.15) is 0 Å². The molecule has 0 aromatic heterocycles. The highest BCUT2D eigenvalue weighted by Gasteiger charge is 2.48. The second kappa shape index (κ2) is 23.8. The van der Waals surface area contributed by atoms with Gasteiger partial charge in [0.1, 0.15) is 0 Å². The van der Waals surface area contributed by atoms with Gasteiger partial charge in [0, 0.05) is 50.4 Å². The quantitative estimate of drug-likeness (QED) is 0.0667. The number of hydrogen-bond donors (Lipinski definition) is 0. The molecule has 0 fully saturated rings. The van der Waals surface area contributed by atoms with E-state index in [0.29, 0.717) is 33.6 Å².